The van der Waals surface area contributed by atoms with E-state index in [1.165, 1.54) is 6.33 Å². The van der Waals surface area contributed by atoms with Gasteiger partial charge >= 0.3 is 5.91 Å². The van der Waals surface area contributed by atoms with Gasteiger partial charge in [-0.2, -0.15) is 10.6 Å². The Kier molecular flexibility index (Phi) is 1.16. The molecule has 6 heteroatoms. The highest BCUT2D eigenvalue weighted by molar-refractivity contribution is 6.01. The Bertz CT molecular complexity index is 546. The van der Waals surface area contributed by atoms with E-state index in [2.05, 4.69) is 15.6 Å². The van der Waals surface area contributed by atoms with Gasteiger partial charge in [-0.05, 0) is 6.92 Å². The summed E-state index contributed by atoms with van der Waals surface area (Å²) in [6, 6.07) is 1.80. The summed E-state index contributed by atoms with van der Waals surface area (Å²) in [6.45, 7) is 1.88. The van der Waals surface area contributed by atoms with Gasteiger partial charge in [-0.25, -0.2) is 9.50 Å². The van der Waals surface area contributed by atoms with Crippen LogP contribution in [0.15, 0.2) is 12.4 Å². The first-order valence-corrected chi connectivity index (χ1v) is 4.08. The molecule has 14 heavy (non-hydrogen) atoms. The van der Waals surface area contributed by atoms with Crippen LogP contribution in [0.1, 0.15) is 16.2 Å². The Hall–Kier alpha value is -2.11. The third-order valence-corrected chi connectivity index (χ3v) is 2.17. The third kappa shape index (κ3) is 0.723. The van der Waals surface area contributed by atoms with Crippen molar-refractivity contribution >= 4 is 11.4 Å². The van der Waals surface area contributed by atoms with Crippen molar-refractivity contribution in [3.8, 4) is 5.75 Å². The number of hydrogen-bond donors (Lipinski definition) is 1. The number of aromatic nitrogens is 3. The van der Waals surface area contributed by atoms with E-state index in [4.69, 9.17) is 4.84 Å². The van der Waals surface area contributed by atoms with Gasteiger partial charge in [0.1, 0.15) is 11.8 Å². The van der Waals surface area contributed by atoms with E-state index in [1.54, 1.807) is 10.6 Å². The van der Waals surface area contributed by atoms with Gasteiger partial charge in [0, 0.05) is 11.8 Å². The Morgan fingerprint density at radius 2 is 2.43 bits per heavy atom. The van der Waals surface area contributed by atoms with Crippen molar-refractivity contribution in [1.82, 2.24) is 20.1 Å². The van der Waals surface area contributed by atoms with Gasteiger partial charge in [0.05, 0.1) is 0 Å². The first-order valence-electron chi connectivity index (χ1n) is 4.08. The first-order chi connectivity index (χ1) is 6.77. The van der Waals surface area contributed by atoms with Crippen molar-refractivity contribution in [3.05, 3.63) is 23.8 Å². The summed E-state index contributed by atoms with van der Waals surface area (Å²) in [7, 11) is 0. The molecular formula is C8H6N4O2. The van der Waals surface area contributed by atoms with E-state index < -0.39 is 0 Å². The highest BCUT2D eigenvalue weighted by Gasteiger charge is 2.24. The Morgan fingerprint density at radius 3 is 3.29 bits per heavy atom. The van der Waals surface area contributed by atoms with Crippen molar-refractivity contribution in [1.29, 1.82) is 0 Å². The Balaban J connectivity index is 2.53. The second-order valence-electron chi connectivity index (χ2n) is 3.05. The number of aryl methyl sites for hydroxylation is 1. The average molecular weight is 190 g/mol. The molecule has 2 aromatic heterocycles. The summed E-state index contributed by atoms with van der Waals surface area (Å²) in [5, 5.41) is 4.02. The van der Waals surface area contributed by atoms with Crippen molar-refractivity contribution < 1.29 is 9.63 Å². The molecule has 0 atom stereocenters. The molecule has 3 rings (SSSR count). The molecule has 0 radical (unpaired) electrons. The van der Waals surface area contributed by atoms with Gasteiger partial charge in [-0.15, -0.1) is 0 Å². The fourth-order valence-electron chi connectivity index (χ4n) is 1.56. The monoisotopic (exact) mass is 190 g/mol. The van der Waals surface area contributed by atoms with Crippen molar-refractivity contribution in [2.45, 2.75) is 6.92 Å². The lowest BCUT2D eigenvalue weighted by molar-refractivity contribution is 0.0741. The van der Waals surface area contributed by atoms with Gasteiger partial charge < -0.3 is 4.84 Å². The number of carbonyl (C=O) groups is 1. The van der Waals surface area contributed by atoms with Gasteiger partial charge in [0.2, 0.25) is 0 Å². The molecule has 0 unspecified atom stereocenters. The zero-order chi connectivity index (χ0) is 9.71. The van der Waals surface area contributed by atoms with E-state index >= 15 is 0 Å². The molecular weight excluding hydrogens is 184 g/mol. The molecule has 0 aliphatic carbocycles. The average Bonchev–Trinajstić information content (AvgIpc) is 2.52. The van der Waals surface area contributed by atoms with Crippen LogP contribution >= 0.6 is 0 Å². The molecule has 1 amide bonds. The van der Waals surface area contributed by atoms with Crippen molar-refractivity contribution in [2.24, 2.45) is 0 Å². The number of nitrogens with one attached hydrogen (secondary N) is 1. The second kappa shape index (κ2) is 2.22. The smallest absolute Gasteiger partial charge is 0.304 e. The highest BCUT2D eigenvalue weighted by atomic mass is 16.7. The van der Waals surface area contributed by atoms with Crippen LogP contribution in [-0.2, 0) is 0 Å². The van der Waals surface area contributed by atoms with E-state index in [9.17, 15) is 4.79 Å². The minimum atomic E-state index is -0.344. The molecule has 6 nitrogen and oxygen atoms in total. The third-order valence-electron chi connectivity index (χ3n) is 2.17. The number of hydroxylamine groups is 1. The van der Waals surface area contributed by atoms with Crippen LogP contribution in [0.2, 0.25) is 0 Å². The van der Waals surface area contributed by atoms with E-state index in [0.717, 1.165) is 5.69 Å². The fourth-order valence-corrected chi connectivity index (χ4v) is 1.56. The molecule has 1 aliphatic rings. The summed E-state index contributed by atoms with van der Waals surface area (Å²) in [5.41, 5.74) is 4.13. The quantitative estimate of drug-likeness (QED) is 0.638. The number of hydrogen-bond acceptors (Lipinski definition) is 4. The molecule has 0 bridgehead atoms. The first kappa shape index (κ1) is 7.31. The highest BCUT2D eigenvalue weighted by Crippen LogP contribution is 2.27. The molecule has 0 aromatic carbocycles. The number of rotatable bonds is 0. The summed E-state index contributed by atoms with van der Waals surface area (Å²) in [6.07, 6.45) is 1.35. The molecule has 0 fully saturated rings. The van der Waals surface area contributed by atoms with E-state index in [0.29, 0.717) is 17.0 Å². The molecule has 3 heterocycles. The normalized spacial score (nSPS) is 13.9. The predicted octanol–water partition coefficient (Wildman–Crippen LogP) is 0.0749. The molecule has 2 aromatic rings. The van der Waals surface area contributed by atoms with Crippen LogP contribution in [0.25, 0.3) is 5.52 Å². The summed E-state index contributed by atoms with van der Waals surface area (Å²) in [5.74, 6) is 0.237. The number of carbonyl (C=O) groups excluding carboxylic acids is 1. The van der Waals surface area contributed by atoms with Crippen LogP contribution in [0.3, 0.4) is 0 Å². The fraction of sp³-hybridized carbons (Fsp3) is 0.125. The minimum absolute atomic E-state index is 0.342. The second-order valence-corrected chi connectivity index (χ2v) is 3.05. The zero-order valence-electron chi connectivity index (χ0n) is 7.31. The largest absolute Gasteiger partial charge is 0.377 e. The Morgan fingerprint density at radius 1 is 1.57 bits per heavy atom. The van der Waals surface area contributed by atoms with Gasteiger partial charge in [-0.1, -0.05) is 0 Å². The van der Waals surface area contributed by atoms with Crippen molar-refractivity contribution in [2.75, 3.05) is 0 Å². The molecule has 70 valence electrons. The maximum Gasteiger partial charge on any atom is 0.304 e. The van der Waals surface area contributed by atoms with E-state index in [-0.39, 0.29) is 5.91 Å². The lowest BCUT2D eigenvalue weighted by atomic mass is 10.3. The lowest BCUT2D eigenvalue weighted by Crippen LogP contribution is -2.31. The van der Waals surface area contributed by atoms with Gasteiger partial charge in [0.15, 0.2) is 11.4 Å². The van der Waals surface area contributed by atoms with Crippen molar-refractivity contribution in [3.63, 3.8) is 0 Å². The van der Waals surface area contributed by atoms with Crippen LogP contribution < -0.4 is 10.3 Å². The molecule has 0 saturated carbocycles. The molecule has 1 aliphatic heterocycles. The van der Waals surface area contributed by atoms with Crippen LogP contribution in [-0.4, -0.2) is 20.5 Å². The number of amides is 1. The minimum Gasteiger partial charge on any atom is -0.377 e. The Labute approximate surface area is 78.5 Å². The van der Waals surface area contributed by atoms with E-state index in [1.807, 2.05) is 6.92 Å². The predicted molar refractivity (Wildman–Crippen MR) is 45.8 cm³/mol. The molecule has 0 spiro atoms. The maximum absolute atomic E-state index is 11.3. The topological polar surface area (TPSA) is 68.5 Å². The van der Waals surface area contributed by atoms with Crippen LogP contribution in [0.4, 0.5) is 0 Å². The number of nitrogens with zero attached hydrogens (tertiary/aromatic N) is 3. The molecule has 1 N–H and O–H groups in total. The SMILES string of the molecule is Cc1cc2c3c(ncnn13)C(=O)NO2. The standard InChI is InChI=1S/C8H6N4O2/c1-4-2-5-7-6(8(13)11-14-5)9-3-10-12(4)7/h2-3H,1H3,(H,11,13). The lowest BCUT2D eigenvalue weighted by Gasteiger charge is -2.12. The van der Waals surface area contributed by atoms with Crippen LogP contribution in [0.5, 0.6) is 5.75 Å². The summed E-state index contributed by atoms with van der Waals surface area (Å²) in [4.78, 5) is 20.3. The summed E-state index contributed by atoms with van der Waals surface area (Å²) < 4.78 is 1.64. The van der Waals surface area contributed by atoms with Gasteiger partial charge in [-0.3, -0.25) is 4.79 Å². The summed E-state index contributed by atoms with van der Waals surface area (Å²) >= 11 is 0. The molecule has 0 saturated heterocycles. The maximum atomic E-state index is 11.3. The van der Waals surface area contributed by atoms with Crippen LogP contribution in [0, 0.1) is 6.92 Å². The van der Waals surface area contributed by atoms with Gasteiger partial charge in [0.25, 0.3) is 0 Å². The zero-order valence-corrected chi connectivity index (χ0v) is 7.31.